The van der Waals surface area contributed by atoms with Crippen LogP contribution in [0.5, 0.6) is 0 Å². The van der Waals surface area contributed by atoms with E-state index < -0.39 is 35.4 Å². The van der Waals surface area contributed by atoms with Crippen LogP contribution in [0.4, 0.5) is 4.39 Å². The summed E-state index contributed by atoms with van der Waals surface area (Å²) in [6.45, 7) is 7.45. The van der Waals surface area contributed by atoms with Crippen LogP contribution in [0.25, 0.3) is 0 Å². The maximum atomic E-state index is 15.0. The van der Waals surface area contributed by atoms with Gasteiger partial charge < -0.3 is 19.5 Å². The fourth-order valence-corrected chi connectivity index (χ4v) is 4.47. The number of carbonyl (C=O) groups is 3. The number of benzene rings is 1. The summed E-state index contributed by atoms with van der Waals surface area (Å²) in [4.78, 5) is 39.1. The molecule has 0 spiro atoms. The number of allylic oxidation sites excluding steroid dienone is 3. The molecule has 3 atom stereocenters. The van der Waals surface area contributed by atoms with Gasteiger partial charge in [0.15, 0.2) is 5.78 Å². The van der Waals surface area contributed by atoms with Crippen molar-refractivity contribution in [3.05, 3.63) is 58.2 Å². The van der Waals surface area contributed by atoms with Gasteiger partial charge in [0.2, 0.25) is 0 Å². The van der Waals surface area contributed by atoms with Gasteiger partial charge >= 0.3 is 11.9 Å². The number of ether oxygens (including phenoxy) is 3. The summed E-state index contributed by atoms with van der Waals surface area (Å²) in [5.74, 6) is -4.70. The monoisotopic (exact) mass is 459 g/mol. The Balaban J connectivity index is 2.05. The van der Waals surface area contributed by atoms with Gasteiger partial charge in [-0.15, -0.1) is 0 Å². The van der Waals surface area contributed by atoms with Crippen molar-refractivity contribution in [1.29, 1.82) is 0 Å². The van der Waals surface area contributed by atoms with Crippen LogP contribution >= 0.6 is 0 Å². The first-order chi connectivity index (χ1) is 15.7. The average Bonchev–Trinajstić information content (AvgIpc) is 2.75. The lowest BCUT2D eigenvalue weighted by atomic mass is 9.69. The molecule has 1 aliphatic carbocycles. The molecule has 2 aliphatic rings. The molecule has 33 heavy (non-hydrogen) atoms. The number of hydrogen-bond donors (Lipinski definition) is 1. The maximum Gasteiger partial charge on any atom is 0.336 e. The number of halogens is 1. The predicted molar refractivity (Wildman–Crippen MR) is 118 cm³/mol. The Morgan fingerprint density at radius 2 is 1.91 bits per heavy atom. The molecule has 0 radical (unpaired) electrons. The minimum Gasteiger partial charge on any atom is -0.468 e. The third-order valence-corrected chi connectivity index (χ3v) is 5.95. The quantitative estimate of drug-likeness (QED) is 0.380. The molecule has 1 aliphatic heterocycles. The molecule has 1 aromatic carbocycles. The van der Waals surface area contributed by atoms with Gasteiger partial charge in [-0.05, 0) is 39.2 Å². The lowest BCUT2D eigenvalue weighted by Crippen LogP contribution is -2.43. The number of nitrogens with one attached hydrogen (secondary N) is 1. The Bertz CT molecular complexity index is 1010. The minimum atomic E-state index is -1.03. The molecule has 8 heteroatoms. The van der Waals surface area contributed by atoms with E-state index in [0.29, 0.717) is 17.8 Å². The number of Topliss-reactive ketones (excluding diaryl/α,β-unsaturated/α-hetero) is 1. The van der Waals surface area contributed by atoms with Gasteiger partial charge in [0.25, 0.3) is 0 Å². The summed E-state index contributed by atoms with van der Waals surface area (Å²) in [5, 5.41) is 3.15. The van der Waals surface area contributed by atoms with Crippen molar-refractivity contribution in [3.8, 4) is 0 Å². The normalized spacial score (nSPS) is 22.8. The first kappa shape index (κ1) is 24.6. The molecule has 0 amide bonds. The topological polar surface area (TPSA) is 90.9 Å². The van der Waals surface area contributed by atoms with Gasteiger partial charge in [0.05, 0.1) is 31.3 Å². The van der Waals surface area contributed by atoms with Crippen molar-refractivity contribution < 1.29 is 33.0 Å². The summed E-state index contributed by atoms with van der Waals surface area (Å²) in [6.07, 6.45) is 0.366. The van der Waals surface area contributed by atoms with Crippen LogP contribution in [0.3, 0.4) is 0 Å². The van der Waals surface area contributed by atoms with Crippen LogP contribution in [-0.4, -0.2) is 44.1 Å². The molecule has 178 valence electrons. The van der Waals surface area contributed by atoms with E-state index in [1.54, 1.807) is 19.9 Å². The number of carbonyl (C=O) groups excluding carboxylic acids is 3. The zero-order chi connectivity index (χ0) is 24.3. The second-order valence-electron chi connectivity index (χ2n) is 8.61. The molecule has 0 fully saturated rings. The van der Waals surface area contributed by atoms with Crippen molar-refractivity contribution in [2.24, 2.45) is 11.8 Å². The Labute approximate surface area is 193 Å². The molecule has 1 aromatic rings. The summed E-state index contributed by atoms with van der Waals surface area (Å²) >= 11 is 0. The number of ketones is 1. The number of rotatable bonds is 7. The van der Waals surface area contributed by atoms with Gasteiger partial charge in [0, 0.05) is 22.5 Å². The lowest BCUT2D eigenvalue weighted by molar-refractivity contribution is -0.151. The summed E-state index contributed by atoms with van der Waals surface area (Å²) in [6, 6.07) is 6.00. The molecule has 0 saturated carbocycles. The van der Waals surface area contributed by atoms with Crippen molar-refractivity contribution in [2.75, 3.05) is 20.3 Å². The largest absolute Gasteiger partial charge is 0.468 e. The molecule has 0 aromatic heterocycles. The molecule has 0 unspecified atom stereocenters. The van der Waals surface area contributed by atoms with Crippen molar-refractivity contribution in [3.63, 3.8) is 0 Å². The zero-order valence-corrected chi connectivity index (χ0v) is 19.6. The van der Waals surface area contributed by atoms with Crippen LogP contribution in [0.2, 0.25) is 0 Å². The molecule has 1 N–H and O–H groups in total. The molecule has 7 nitrogen and oxygen atoms in total. The second kappa shape index (κ2) is 10.3. The molecule has 0 bridgehead atoms. The summed E-state index contributed by atoms with van der Waals surface area (Å²) in [7, 11) is 1.23. The Kier molecular flexibility index (Phi) is 7.68. The van der Waals surface area contributed by atoms with E-state index in [9.17, 15) is 18.8 Å². The van der Waals surface area contributed by atoms with E-state index in [-0.39, 0.29) is 41.9 Å². The lowest BCUT2D eigenvalue weighted by Gasteiger charge is -2.38. The Morgan fingerprint density at radius 3 is 2.55 bits per heavy atom. The SMILES string of the molecule is COC(=O)[C@@H]1C(=O)C2=C(C[C@H]1C)NC(C)=C(C(=O)OCCOC(C)C)[C@@H]2c1ccccc1F. The van der Waals surface area contributed by atoms with Gasteiger partial charge in [-0.3, -0.25) is 9.59 Å². The second-order valence-corrected chi connectivity index (χ2v) is 8.61. The van der Waals surface area contributed by atoms with E-state index in [4.69, 9.17) is 14.2 Å². The van der Waals surface area contributed by atoms with E-state index in [2.05, 4.69) is 5.32 Å². The number of dihydropyridines is 1. The van der Waals surface area contributed by atoms with Gasteiger partial charge in [-0.2, -0.15) is 0 Å². The standard InChI is InChI=1S/C25H30FNO6/c1-13(2)32-10-11-33-25(30)20-15(4)27-18-12-14(3)19(24(29)31-5)23(28)22(18)21(20)16-8-6-7-9-17(16)26/h6-9,13-14,19,21,27H,10-12H2,1-5H3/t14-,19+,21+/m1/s1. The number of hydrogen-bond acceptors (Lipinski definition) is 7. The highest BCUT2D eigenvalue weighted by atomic mass is 19.1. The maximum absolute atomic E-state index is 15.0. The van der Waals surface area contributed by atoms with Crippen LogP contribution in [0.1, 0.15) is 45.6 Å². The van der Waals surface area contributed by atoms with E-state index >= 15 is 0 Å². The molecular formula is C25H30FNO6. The van der Waals surface area contributed by atoms with Crippen LogP contribution < -0.4 is 5.32 Å². The molecule has 3 rings (SSSR count). The Hall–Kier alpha value is -3.00. The van der Waals surface area contributed by atoms with E-state index in [0.717, 1.165) is 0 Å². The summed E-state index contributed by atoms with van der Waals surface area (Å²) < 4.78 is 30.7. The predicted octanol–water partition coefficient (Wildman–Crippen LogP) is 3.41. The van der Waals surface area contributed by atoms with Crippen LogP contribution in [0.15, 0.2) is 46.8 Å². The van der Waals surface area contributed by atoms with Crippen molar-refractivity contribution in [1.82, 2.24) is 5.32 Å². The van der Waals surface area contributed by atoms with Crippen LogP contribution in [-0.2, 0) is 28.6 Å². The fraction of sp³-hybridized carbons (Fsp3) is 0.480. The highest BCUT2D eigenvalue weighted by Gasteiger charge is 2.47. The minimum absolute atomic E-state index is 0.0133. The molecule has 1 heterocycles. The molecular weight excluding hydrogens is 429 g/mol. The number of methoxy groups -OCH3 is 1. The average molecular weight is 460 g/mol. The van der Waals surface area contributed by atoms with E-state index in [1.807, 2.05) is 13.8 Å². The first-order valence-corrected chi connectivity index (χ1v) is 11.0. The third kappa shape index (κ3) is 5.00. The van der Waals surface area contributed by atoms with Crippen molar-refractivity contribution >= 4 is 17.7 Å². The van der Waals surface area contributed by atoms with Gasteiger partial charge in [-0.1, -0.05) is 25.1 Å². The highest BCUT2D eigenvalue weighted by Crippen LogP contribution is 2.46. The smallest absolute Gasteiger partial charge is 0.336 e. The van der Waals surface area contributed by atoms with Gasteiger partial charge in [0.1, 0.15) is 18.3 Å². The van der Waals surface area contributed by atoms with E-state index in [1.165, 1.54) is 25.3 Å². The zero-order valence-electron chi connectivity index (χ0n) is 19.6. The summed E-state index contributed by atoms with van der Waals surface area (Å²) in [5.41, 5.74) is 1.56. The van der Waals surface area contributed by atoms with Crippen LogP contribution in [0, 0.1) is 17.7 Å². The fourth-order valence-electron chi connectivity index (χ4n) is 4.47. The first-order valence-electron chi connectivity index (χ1n) is 11.0. The molecule has 0 saturated heterocycles. The van der Waals surface area contributed by atoms with Crippen molar-refractivity contribution in [2.45, 2.75) is 46.1 Å². The highest BCUT2D eigenvalue weighted by molar-refractivity contribution is 6.12. The van der Waals surface area contributed by atoms with Gasteiger partial charge in [-0.25, -0.2) is 9.18 Å². The Morgan fingerprint density at radius 1 is 1.21 bits per heavy atom. The number of esters is 2. The third-order valence-electron chi connectivity index (χ3n) is 5.95.